The van der Waals surface area contributed by atoms with Gasteiger partial charge in [0.1, 0.15) is 11.6 Å². The summed E-state index contributed by atoms with van der Waals surface area (Å²) in [5.41, 5.74) is 3.53. The third-order valence-corrected chi connectivity index (χ3v) is 5.70. The van der Waals surface area contributed by atoms with Gasteiger partial charge in [0.25, 0.3) is 0 Å². The van der Waals surface area contributed by atoms with Gasteiger partial charge in [0, 0.05) is 29.1 Å². The van der Waals surface area contributed by atoms with E-state index in [0.717, 1.165) is 33.2 Å². The SMILES string of the molecule is CC(C)(OC(=O)N[C@@H](Cc1c[nH]c2ccccc12)C(=O)O)c1ccccc1-c1ccccc1. The number of nitrogens with one attached hydrogen (secondary N) is 2. The molecule has 1 amide bonds. The number of aliphatic carboxylic acids is 1. The van der Waals surface area contributed by atoms with E-state index in [4.69, 9.17) is 4.74 Å². The standard InChI is InChI=1S/C27H26N2O4/c1-27(2,22-14-8-6-12-20(22)18-10-4-3-5-11-18)33-26(32)29-24(25(30)31)16-19-17-28-23-15-9-7-13-21(19)23/h3-15,17,24,28H,16H2,1-2H3,(H,29,32)(H,30,31)/t24-/m0/s1. The lowest BCUT2D eigenvalue weighted by atomic mass is 9.89. The van der Waals surface area contributed by atoms with Gasteiger partial charge < -0.3 is 20.1 Å². The minimum Gasteiger partial charge on any atom is -0.480 e. The van der Waals surface area contributed by atoms with Crippen LogP contribution in [0.1, 0.15) is 25.0 Å². The fraction of sp³-hybridized carbons (Fsp3) is 0.185. The number of fused-ring (bicyclic) bond motifs is 1. The number of para-hydroxylation sites is 1. The van der Waals surface area contributed by atoms with Gasteiger partial charge in [-0.25, -0.2) is 9.59 Å². The van der Waals surface area contributed by atoms with Crippen molar-refractivity contribution in [1.82, 2.24) is 10.3 Å². The van der Waals surface area contributed by atoms with Crippen molar-refractivity contribution in [3.05, 3.63) is 96.2 Å². The molecule has 0 aliphatic rings. The summed E-state index contributed by atoms with van der Waals surface area (Å²) >= 11 is 0. The highest BCUT2D eigenvalue weighted by Gasteiger charge is 2.30. The van der Waals surface area contributed by atoms with Gasteiger partial charge in [-0.05, 0) is 36.6 Å². The molecule has 0 radical (unpaired) electrons. The van der Waals surface area contributed by atoms with Crippen LogP contribution < -0.4 is 5.32 Å². The molecule has 0 aliphatic carbocycles. The summed E-state index contributed by atoms with van der Waals surface area (Å²) in [4.78, 5) is 27.8. The Kier molecular flexibility index (Phi) is 6.18. The van der Waals surface area contributed by atoms with Crippen molar-refractivity contribution in [2.75, 3.05) is 0 Å². The van der Waals surface area contributed by atoms with Crippen molar-refractivity contribution >= 4 is 23.0 Å². The maximum atomic E-state index is 12.8. The van der Waals surface area contributed by atoms with Crippen LogP contribution in [-0.4, -0.2) is 28.2 Å². The van der Waals surface area contributed by atoms with E-state index in [1.165, 1.54) is 0 Å². The smallest absolute Gasteiger partial charge is 0.408 e. The molecule has 3 N–H and O–H groups in total. The molecule has 6 heteroatoms. The summed E-state index contributed by atoms with van der Waals surface area (Å²) < 4.78 is 5.75. The quantitative estimate of drug-likeness (QED) is 0.353. The van der Waals surface area contributed by atoms with E-state index < -0.39 is 23.7 Å². The van der Waals surface area contributed by atoms with Crippen LogP contribution in [0.4, 0.5) is 4.79 Å². The van der Waals surface area contributed by atoms with Gasteiger partial charge in [-0.2, -0.15) is 0 Å². The molecule has 1 aromatic heterocycles. The molecule has 0 fully saturated rings. The van der Waals surface area contributed by atoms with Gasteiger partial charge in [0.2, 0.25) is 0 Å². The Bertz CT molecular complexity index is 1280. The van der Waals surface area contributed by atoms with Crippen LogP contribution in [0, 0.1) is 0 Å². The van der Waals surface area contributed by atoms with Crippen LogP contribution in [0.3, 0.4) is 0 Å². The number of ether oxygens (including phenoxy) is 1. The van der Waals surface area contributed by atoms with Crippen LogP contribution >= 0.6 is 0 Å². The number of H-pyrrole nitrogens is 1. The molecular weight excluding hydrogens is 416 g/mol. The second-order valence-corrected chi connectivity index (χ2v) is 8.41. The summed E-state index contributed by atoms with van der Waals surface area (Å²) in [7, 11) is 0. The minimum absolute atomic E-state index is 0.134. The van der Waals surface area contributed by atoms with Gasteiger partial charge in [0.15, 0.2) is 0 Å². The first-order chi connectivity index (χ1) is 15.8. The normalized spacial score (nSPS) is 12.3. The first kappa shape index (κ1) is 22.1. The summed E-state index contributed by atoms with van der Waals surface area (Å²) in [6.07, 6.45) is 1.12. The highest BCUT2D eigenvalue weighted by molar-refractivity contribution is 5.85. The van der Waals surface area contributed by atoms with Crippen LogP contribution in [-0.2, 0) is 21.6 Å². The molecule has 0 unspecified atom stereocenters. The molecule has 0 saturated heterocycles. The number of carbonyl (C=O) groups is 2. The molecule has 168 valence electrons. The average Bonchev–Trinajstić information content (AvgIpc) is 3.22. The van der Waals surface area contributed by atoms with Gasteiger partial charge in [-0.3, -0.25) is 0 Å². The lowest BCUT2D eigenvalue weighted by Gasteiger charge is -2.29. The topological polar surface area (TPSA) is 91.4 Å². The van der Waals surface area contributed by atoms with E-state index in [-0.39, 0.29) is 6.42 Å². The predicted octanol–water partition coefficient (Wildman–Crippen LogP) is 5.49. The second-order valence-electron chi connectivity index (χ2n) is 8.41. The number of alkyl carbamates (subject to hydrolysis) is 1. The number of carboxylic acids is 1. The Morgan fingerprint density at radius 1 is 0.970 bits per heavy atom. The Morgan fingerprint density at radius 2 is 1.64 bits per heavy atom. The maximum absolute atomic E-state index is 12.8. The predicted molar refractivity (Wildman–Crippen MR) is 128 cm³/mol. The zero-order chi connectivity index (χ0) is 23.4. The highest BCUT2D eigenvalue weighted by atomic mass is 16.6. The zero-order valence-corrected chi connectivity index (χ0v) is 18.5. The van der Waals surface area contributed by atoms with Crippen LogP contribution in [0.15, 0.2) is 85.1 Å². The third kappa shape index (κ3) is 4.90. The molecule has 4 aromatic rings. The number of aromatic nitrogens is 1. The van der Waals surface area contributed by atoms with E-state index in [9.17, 15) is 14.7 Å². The fourth-order valence-electron chi connectivity index (χ4n) is 4.06. The molecule has 0 aliphatic heterocycles. The van der Waals surface area contributed by atoms with Crippen LogP contribution in [0.5, 0.6) is 0 Å². The lowest BCUT2D eigenvalue weighted by molar-refractivity contribution is -0.139. The second kappa shape index (κ2) is 9.20. The molecule has 4 rings (SSSR count). The van der Waals surface area contributed by atoms with Crippen molar-refractivity contribution < 1.29 is 19.4 Å². The number of rotatable bonds is 7. The molecule has 3 aromatic carbocycles. The largest absolute Gasteiger partial charge is 0.480 e. The Hall–Kier alpha value is -4.06. The molecule has 33 heavy (non-hydrogen) atoms. The van der Waals surface area contributed by atoms with Crippen molar-refractivity contribution in [1.29, 1.82) is 0 Å². The average molecular weight is 443 g/mol. The minimum atomic E-state index is -1.13. The van der Waals surface area contributed by atoms with E-state index in [1.807, 2.05) is 78.9 Å². The summed E-state index contributed by atoms with van der Waals surface area (Å²) in [6.45, 7) is 3.59. The van der Waals surface area contributed by atoms with E-state index in [2.05, 4.69) is 10.3 Å². The number of carbonyl (C=O) groups excluding carboxylic acids is 1. The molecule has 6 nitrogen and oxygen atoms in total. The summed E-state index contributed by atoms with van der Waals surface area (Å²) in [6, 6.07) is 24.1. The molecule has 1 heterocycles. The van der Waals surface area contributed by atoms with Gasteiger partial charge in [-0.15, -0.1) is 0 Å². The number of carboxylic acid groups (broad SMARTS) is 1. The Labute approximate surface area is 192 Å². The molecule has 0 bridgehead atoms. The number of amides is 1. The molecule has 0 saturated carbocycles. The Balaban J connectivity index is 1.52. The van der Waals surface area contributed by atoms with Crippen LogP contribution in [0.2, 0.25) is 0 Å². The molecular formula is C27H26N2O4. The lowest BCUT2D eigenvalue weighted by Crippen LogP contribution is -2.44. The maximum Gasteiger partial charge on any atom is 0.408 e. The number of aromatic amines is 1. The third-order valence-electron chi connectivity index (χ3n) is 5.70. The number of hydrogen-bond acceptors (Lipinski definition) is 3. The first-order valence-corrected chi connectivity index (χ1v) is 10.8. The van der Waals surface area contributed by atoms with Gasteiger partial charge in [0.05, 0.1) is 0 Å². The van der Waals surface area contributed by atoms with Crippen molar-refractivity contribution in [2.45, 2.75) is 31.9 Å². The summed E-state index contributed by atoms with van der Waals surface area (Å²) in [5, 5.41) is 13.2. The van der Waals surface area contributed by atoms with Crippen molar-refractivity contribution in [3.8, 4) is 11.1 Å². The van der Waals surface area contributed by atoms with E-state index in [0.29, 0.717) is 0 Å². The fourth-order valence-corrected chi connectivity index (χ4v) is 4.06. The summed E-state index contributed by atoms with van der Waals surface area (Å²) in [5.74, 6) is -1.13. The van der Waals surface area contributed by atoms with Gasteiger partial charge >= 0.3 is 12.1 Å². The van der Waals surface area contributed by atoms with Crippen LogP contribution in [0.25, 0.3) is 22.0 Å². The monoisotopic (exact) mass is 442 g/mol. The first-order valence-electron chi connectivity index (χ1n) is 10.8. The molecule has 0 spiro atoms. The van der Waals surface area contributed by atoms with E-state index >= 15 is 0 Å². The highest BCUT2D eigenvalue weighted by Crippen LogP contribution is 2.34. The Morgan fingerprint density at radius 3 is 2.39 bits per heavy atom. The number of benzene rings is 3. The van der Waals surface area contributed by atoms with Crippen molar-refractivity contribution in [3.63, 3.8) is 0 Å². The molecule has 1 atom stereocenters. The number of hydrogen-bond donors (Lipinski definition) is 3. The zero-order valence-electron chi connectivity index (χ0n) is 18.5. The van der Waals surface area contributed by atoms with Gasteiger partial charge in [-0.1, -0.05) is 72.8 Å². The van der Waals surface area contributed by atoms with E-state index in [1.54, 1.807) is 20.0 Å². The van der Waals surface area contributed by atoms with Crippen molar-refractivity contribution in [2.24, 2.45) is 0 Å².